The van der Waals surface area contributed by atoms with Gasteiger partial charge < -0.3 is 4.48 Å². The lowest BCUT2D eigenvalue weighted by atomic mass is 9.85. The normalized spacial score (nSPS) is 14.3. The summed E-state index contributed by atoms with van der Waals surface area (Å²) in [6.07, 6.45) is 1.06. The molecule has 0 radical (unpaired) electrons. The molecule has 0 saturated heterocycles. The Morgan fingerprint density at radius 2 is 1.04 bits per heavy atom. The van der Waals surface area contributed by atoms with Gasteiger partial charge in [-0.25, -0.2) is 0 Å². The molecule has 1 unspecified atom stereocenters. The molecule has 0 spiro atoms. The Hall–Kier alpha value is -1.60. The first-order valence-electron chi connectivity index (χ1n) is 9.79. The van der Waals surface area contributed by atoms with E-state index >= 15 is 0 Å². The van der Waals surface area contributed by atoms with E-state index < -0.39 is 0 Å². The number of likely N-dealkylation sites (N-methyl/N-ethyl adjacent to an activating group) is 1. The van der Waals surface area contributed by atoms with Crippen molar-refractivity contribution in [1.82, 2.24) is 0 Å². The third-order valence-corrected chi connectivity index (χ3v) is 5.35. The van der Waals surface area contributed by atoms with E-state index in [-0.39, 0.29) is 10.8 Å². The zero-order valence-corrected chi connectivity index (χ0v) is 18.4. The van der Waals surface area contributed by atoms with Crippen LogP contribution in [0.25, 0.3) is 0 Å². The van der Waals surface area contributed by atoms with Crippen molar-refractivity contribution in [3.63, 3.8) is 0 Å². The standard InChI is InChI=1S/C25H38N/c1-24(2,3)21-14-10-19(11-15-21)18-23(26(7,8)9)20-12-16-22(17-13-20)25(4,5)6/h10-17,23H,18H2,1-9H3/q+1. The van der Waals surface area contributed by atoms with Gasteiger partial charge in [0.1, 0.15) is 6.04 Å². The summed E-state index contributed by atoms with van der Waals surface area (Å²) in [4.78, 5) is 0. The summed E-state index contributed by atoms with van der Waals surface area (Å²) in [5.41, 5.74) is 6.05. The number of nitrogens with zero attached hydrogens (tertiary/aromatic N) is 1. The van der Waals surface area contributed by atoms with Gasteiger partial charge in [0, 0.05) is 12.0 Å². The molecular weight excluding hydrogens is 314 g/mol. The number of hydrogen-bond acceptors (Lipinski definition) is 0. The molecule has 0 fully saturated rings. The van der Waals surface area contributed by atoms with E-state index in [4.69, 9.17) is 0 Å². The molecule has 0 aliphatic heterocycles. The van der Waals surface area contributed by atoms with Gasteiger partial charge in [-0.1, -0.05) is 90.1 Å². The van der Waals surface area contributed by atoms with E-state index in [1.165, 1.54) is 22.3 Å². The molecule has 0 amide bonds. The van der Waals surface area contributed by atoms with Crippen molar-refractivity contribution in [1.29, 1.82) is 0 Å². The largest absolute Gasteiger partial charge is 0.324 e. The van der Waals surface area contributed by atoms with Crippen molar-refractivity contribution >= 4 is 0 Å². The first-order valence-corrected chi connectivity index (χ1v) is 9.79. The molecule has 26 heavy (non-hydrogen) atoms. The second-order valence-electron chi connectivity index (χ2n) is 10.7. The monoisotopic (exact) mass is 352 g/mol. The highest BCUT2D eigenvalue weighted by Crippen LogP contribution is 2.31. The molecule has 1 nitrogen and oxygen atoms in total. The molecule has 0 bridgehead atoms. The predicted molar refractivity (Wildman–Crippen MR) is 115 cm³/mol. The highest BCUT2D eigenvalue weighted by molar-refractivity contribution is 5.31. The third kappa shape index (κ3) is 5.20. The maximum atomic E-state index is 2.33. The van der Waals surface area contributed by atoms with Crippen LogP contribution in [0, 0.1) is 0 Å². The van der Waals surface area contributed by atoms with Crippen LogP contribution in [0.3, 0.4) is 0 Å². The third-order valence-electron chi connectivity index (χ3n) is 5.35. The second kappa shape index (κ2) is 7.19. The fraction of sp³-hybridized carbons (Fsp3) is 0.520. The van der Waals surface area contributed by atoms with Crippen molar-refractivity contribution in [2.24, 2.45) is 0 Å². The van der Waals surface area contributed by atoms with E-state index in [0.717, 1.165) is 10.9 Å². The number of benzene rings is 2. The van der Waals surface area contributed by atoms with Crippen molar-refractivity contribution in [3.8, 4) is 0 Å². The average molecular weight is 353 g/mol. The fourth-order valence-electron chi connectivity index (χ4n) is 3.41. The quantitative estimate of drug-likeness (QED) is 0.569. The van der Waals surface area contributed by atoms with Gasteiger partial charge in [0.15, 0.2) is 0 Å². The van der Waals surface area contributed by atoms with Crippen LogP contribution in [-0.4, -0.2) is 25.6 Å². The summed E-state index contributed by atoms with van der Waals surface area (Å²) in [5, 5.41) is 0. The predicted octanol–water partition coefficient (Wildman–Crippen LogP) is 6.27. The van der Waals surface area contributed by atoms with E-state index in [0.29, 0.717) is 6.04 Å². The van der Waals surface area contributed by atoms with Crippen molar-refractivity contribution in [2.45, 2.75) is 64.8 Å². The fourth-order valence-corrected chi connectivity index (χ4v) is 3.41. The minimum atomic E-state index is 0.202. The summed E-state index contributed by atoms with van der Waals surface area (Å²) in [6, 6.07) is 18.9. The highest BCUT2D eigenvalue weighted by atomic mass is 15.3. The van der Waals surface area contributed by atoms with Crippen molar-refractivity contribution < 1.29 is 4.48 Å². The van der Waals surface area contributed by atoms with Gasteiger partial charge in [-0.3, -0.25) is 0 Å². The number of rotatable bonds is 4. The second-order valence-corrected chi connectivity index (χ2v) is 10.7. The SMILES string of the molecule is CC(C)(C)c1ccc(CC(c2ccc(C(C)(C)C)cc2)[N+](C)(C)C)cc1. The molecule has 0 aliphatic rings. The first kappa shape index (κ1) is 20.7. The average Bonchev–Trinajstić information content (AvgIpc) is 2.50. The van der Waals surface area contributed by atoms with Crippen LogP contribution in [0.15, 0.2) is 48.5 Å². The highest BCUT2D eigenvalue weighted by Gasteiger charge is 2.27. The van der Waals surface area contributed by atoms with Crippen LogP contribution in [0.2, 0.25) is 0 Å². The van der Waals surface area contributed by atoms with Crippen molar-refractivity contribution in [2.75, 3.05) is 21.1 Å². The van der Waals surface area contributed by atoms with Gasteiger partial charge in [-0.15, -0.1) is 0 Å². The topological polar surface area (TPSA) is 0 Å². The van der Waals surface area contributed by atoms with Crippen LogP contribution < -0.4 is 0 Å². The Morgan fingerprint density at radius 3 is 1.38 bits per heavy atom. The zero-order chi connectivity index (χ0) is 19.8. The molecule has 0 aromatic heterocycles. The lowest BCUT2D eigenvalue weighted by Gasteiger charge is -2.35. The maximum Gasteiger partial charge on any atom is 0.118 e. The zero-order valence-electron chi connectivity index (χ0n) is 18.4. The Bertz CT molecular complexity index is 701. The minimum Gasteiger partial charge on any atom is -0.324 e. The smallest absolute Gasteiger partial charge is 0.118 e. The van der Waals surface area contributed by atoms with Gasteiger partial charge in [-0.2, -0.15) is 0 Å². The lowest BCUT2D eigenvalue weighted by molar-refractivity contribution is -0.902. The summed E-state index contributed by atoms with van der Waals surface area (Å²) in [5.74, 6) is 0. The molecule has 0 heterocycles. The molecule has 2 aromatic carbocycles. The van der Waals surface area contributed by atoms with Crippen molar-refractivity contribution in [3.05, 3.63) is 70.8 Å². The molecule has 1 atom stereocenters. The minimum absolute atomic E-state index is 0.202. The summed E-state index contributed by atoms with van der Waals surface area (Å²) in [6.45, 7) is 13.6. The van der Waals surface area contributed by atoms with E-state index in [1.807, 2.05) is 0 Å². The molecule has 2 rings (SSSR count). The maximum absolute atomic E-state index is 2.33. The Kier molecular flexibility index (Phi) is 5.73. The van der Waals surface area contributed by atoms with Crippen LogP contribution in [0.5, 0.6) is 0 Å². The summed E-state index contributed by atoms with van der Waals surface area (Å²) < 4.78 is 0.926. The Labute approximate surface area is 161 Å². The van der Waals surface area contributed by atoms with E-state index in [1.54, 1.807) is 0 Å². The van der Waals surface area contributed by atoms with Gasteiger partial charge >= 0.3 is 0 Å². The molecule has 2 aromatic rings. The Balaban J connectivity index is 2.29. The number of hydrogen-bond donors (Lipinski definition) is 0. The first-order chi connectivity index (χ1) is 11.8. The van der Waals surface area contributed by atoms with Crippen LogP contribution >= 0.6 is 0 Å². The van der Waals surface area contributed by atoms with Gasteiger partial charge in [0.05, 0.1) is 21.1 Å². The molecule has 142 valence electrons. The molecule has 1 heteroatoms. The summed E-state index contributed by atoms with van der Waals surface area (Å²) >= 11 is 0. The molecule has 0 N–H and O–H groups in total. The lowest BCUT2D eigenvalue weighted by Crippen LogP contribution is -2.40. The van der Waals surface area contributed by atoms with Gasteiger partial charge in [0.25, 0.3) is 0 Å². The Morgan fingerprint density at radius 1 is 0.654 bits per heavy atom. The molecule has 0 aliphatic carbocycles. The van der Waals surface area contributed by atoms with Crippen LogP contribution in [-0.2, 0) is 17.3 Å². The van der Waals surface area contributed by atoms with Crippen LogP contribution in [0.4, 0.5) is 0 Å². The van der Waals surface area contributed by atoms with Gasteiger partial charge in [0.2, 0.25) is 0 Å². The van der Waals surface area contributed by atoms with E-state index in [2.05, 4.69) is 111 Å². The summed E-state index contributed by atoms with van der Waals surface area (Å²) in [7, 11) is 6.89. The van der Waals surface area contributed by atoms with E-state index in [9.17, 15) is 0 Å². The number of quaternary nitrogens is 1. The van der Waals surface area contributed by atoms with Crippen LogP contribution in [0.1, 0.15) is 69.8 Å². The van der Waals surface area contributed by atoms with Gasteiger partial charge in [-0.05, 0) is 27.5 Å². The molecule has 0 saturated carbocycles. The molecular formula is C25H38N+.